The van der Waals surface area contributed by atoms with Gasteiger partial charge in [-0.1, -0.05) is 41.9 Å². The Balaban J connectivity index is 1.40. The molecule has 2 aromatic heterocycles. The molecule has 3 heterocycles. The van der Waals surface area contributed by atoms with Crippen LogP contribution in [0, 0.1) is 11.9 Å². The summed E-state index contributed by atoms with van der Waals surface area (Å²) in [6.07, 6.45) is 1.29. The maximum absolute atomic E-state index is 13.0. The number of allylic oxidation sites excluding steroid dienone is 2. The standard InChI is InChI=1S/C22H17ClF4N4/c23-20-19(30-21(31-20)16-8-10-18(24)29-12-16)15-6-3-13(4-7-15)1-2-14-5-9-17(28-11-14)22(25,26)27/h3-4,6-12,14H,1-2,5H2,(H,30,31). The third kappa shape index (κ3) is 5.02. The highest BCUT2D eigenvalue weighted by atomic mass is 35.5. The molecule has 0 amide bonds. The number of rotatable bonds is 5. The van der Waals surface area contributed by atoms with Crippen molar-refractivity contribution in [1.82, 2.24) is 15.0 Å². The van der Waals surface area contributed by atoms with Gasteiger partial charge in [0.2, 0.25) is 5.95 Å². The second-order valence-electron chi connectivity index (χ2n) is 7.21. The van der Waals surface area contributed by atoms with Crippen molar-refractivity contribution in [1.29, 1.82) is 0 Å². The first-order chi connectivity index (χ1) is 14.8. The maximum atomic E-state index is 13.0. The van der Waals surface area contributed by atoms with Gasteiger partial charge in [0.25, 0.3) is 0 Å². The quantitative estimate of drug-likeness (QED) is 0.362. The van der Waals surface area contributed by atoms with E-state index in [0.29, 0.717) is 41.5 Å². The van der Waals surface area contributed by atoms with E-state index in [4.69, 9.17) is 11.6 Å². The largest absolute Gasteiger partial charge is 0.432 e. The van der Waals surface area contributed by atoms with Crippen LogP contribution in [-0.2, 0) is 6.42 Å². The Labute approximate surface area is 180 Å². The first-order valence-electron chi connectivity index (χ1n) is 9.58. The minimum Gasteiger partial charge on any atom is -0.328 e. The molecule has 0 spiro atoms. The van der Waals surface area contributed by atoms with Crippen LogP contribution in [0.2, 0.25) is 5.15 Å². The molecule has 1 aromatic carbocycles. The van der Waals surface area contributed by atoms with Crippen LogP contribution in [0.4, 0.5) is 17.6 Å². The minimum absolute atomic E-state index is 0.0153. The number of pyridine rings is 1. The van der Waals surface area contributed by atoms with Gasteiger partial charge in [0.1, 0.15) is 22.4 Å². The van der Waals surface area contributed by atoms with Crippen molar-refractivity contribution in [2.45, 2.75) is 25.4 Å². The predicted molar refractivity (Wildman–Crippen MR) is 111 cm³/mol. The van der Waals surface area contributed by atoms with E-state index >= 15 is 0 Å². The monoisotopic (exact) mass is 448 g/mol. The Morgan fingerprint density at radius 1 is 1.06 bits per heavy atom. The molecule has 1 aliphatic rings. The molecule has 4 rings (SSSR count). The lowest BCUT2D eigenvalue weighted by Crippen LogP contribution is -2.16. The molecule has 4 nitrogen and oxygen atoms in total. The van der Waals surface area contributed by atoms with Crippen LogP contribution in [0.25, 0.3) is 22.6 Å². The fraction of sp³-hybridized carbons (Fsp3) is 0.227. The molecule has 31 heavy (non-hydrogen) atoms. The van der Waals surface area contributed by atoms with E-state index in [2.05, 4.69) is 19.9 Å². The number of H-pyrrole nitrogens is 1. The van der Waals surface area contributed by atoms with Gasteiger partial charge in [-0.3, -0.25) is 4.99 Å². The summed E-state index contributed by atoms with van der Waals surface area (Å²) in [6, 6.07) is 10.5. The van der Waals surface area contributed by atoms with Crippen molar-refractivity contribution in [3.8, 4) is 22.6 Å². The number of benzene rings is 1. The second-order valence-corrected chi connectivity index (χ2v) is 7.59. The van der Waals surface area contributed by atoms with Crippen molar-refractivity contribution >= 4 is 17.8 Å². The lowest BCUT2D eigenvalue weighted by molar-refractivity contribution is -0.0928. The van der Waals surface area contributed by atoms with Crippen molar-refractivity contribution in [2.75, 3.05) is 0 Å². The number of hydrogen-bond acceptors (Lipinski definition) is 3. The molecule has 9 heteroatoms. The third-order valence-electron chi connectivity index (χ3n) is 5.02. The molecular weight excluding hydrogens is 432 g/mol. The van der Waals surface area contributed by atoms with Crippen molar-refractivity contribution < 1.29 is 17.6 Å². The van der Waals surface area contributed by atoms with E-state index in [-0.39, 0.29) is 5.92 Å². The van der Waals surface area contributed by atoms with E-state index in [0.717, 1.165) is 17.2 Å². The van der Waals surface area contributed by atoms with Gasteiger partial charge in [0.05, 0.1) is 0 Å². The summed E-state index contributed by atoms with van der Waals surface area (Å²) in [6.45, 7) is 0. The molecule has 0 saturated carbocycles. The number of aryl methyl sites for hydroxylation is 1. The van der Waals surface area contributed by atoms with Gasteiger partial charge < -0.3 is 4.98 Å². The van der Waals surface area contributed by atoms with Gasteiger partial charge in [0, 0.05) is 23.5 Å². The molecule has 160 valence electrons. The highest BCUT2D eigenvalue weighted by molar-refractivity contribution is 6.32. The number of alkyl halides is 3. The molecule has 0 saturated heterocycles. The average Bonchev–Trinajstić information content (AvgIpc) is 3.14. The SMILES string of the molecule is Fc1ccc(-c2nc(-c3ccc(CCC4C=NC(C(F)(F)F)=CC4)cc3)c(Cl)[nH]2)cn1. The van der Waals surface area contributed by atoms with E-state index < -0.39 is 17.8 Å². The number of hydrogen-bond donors (Lipinski definition) is 1. The van der Waals surface area contributed by atoms with Gasteiger partial charge in [-0.05, 0) is 42.9 Å². The van der Waals surface area contributed by atoms with Crippen LogP contribution < -0.4 is 0 Å². The zero-order chi connectivity index (χ0) is 22.0. The first-order valence-corrected chi connectivity index (χ1v) is 9.95. The second kappa shape index (κ2) is 8.63. The molecule has 3 aromatic rings. The third-order valence-corrected chi connectivity index (χ3v) is 5.29. The lowest BCUT2D eigenvalue weighted by Gasteiger charge is -2.16. The highest BCUT2D eigenvalue weighted by Gasteiger charge is 2.34. The fourth-order valence-electron chi connectivity index (χ4n) is 3.32. The highest BCUT2D eigenvalue weighted by Crippen LogP contribution is 2.31. The summed E-state index contributed by atoms with van der Waals surface area (Å²) < 4.78 is 50.9. The molecular formula is C22H17ClF4N4. The smallest absolute Gasteiger partial charge is 0.328 e. The maximum Gasteiger partial charge on any atom is 0.432 e. The summed E-state index contributed by atoms with van der Waals surface area (Å²) in [5.41, 5.74) is 2.22. The summed E-state index contributed by atoms with van der Waals surface area (Å²) in [4.78, 5) is 14.6. The van der Waals surface area contributed by atoms with Gasteiger partial charge in [0.15, 0.2) is 0 Å². The van der Waals surface area contributed by atoms with Gasteiger partial charge >= 0.3 is 6.18 Å². The van der Waals surface area contributed by atoms with Crippen LogP contribution in [-0.4, -0.2) is 27.3 Å². The molecule has 1 unspecified atom stereocenters. The number of imidazole rings is 1. The number of nitrogens with zero attached hydrogens (tertiary/aromatic N) is 3. The Hall–Kier alpha value is -3.00. The molecule has 0 radical (unpaired) electrons. The zero-order valence-electron chi connectivity index (χ0n) is 16.1. The van der Waals surface area contributed by atoms with Crippen LogP contribution in [0.1, 0.15) is 18.4 Å². The van der Waals surface area contributed by atoms with E-state index in [9.17, 15) is 17.6 Å². The average molecular weight is 449 g/mol. The van der Waals surface area contributed by atoms with Gasteiger partial charge in [-0.25, -0.2) is 9.97 Å². The van der Waals surface area contributed by atoms with Crippen LogP contribution in [0.15, 0.2) is 59.4 Å². The number of aliphatic imine (C=N–C) groups is 1. The molecule has 0 bridgehead atoms. The van der Waals surface area contributed by atoms with E-state index in [1.165, 1.54) is 18.5 Å². The summed E-state index contributed by atoms with van der Waals surface area (Å²) in [5.74, 6) is -0.105. The Morgan fingerprint density at radius 2 is 1.81 bits per heavy atom. The number of aromatic amines is 1. The summed E-state index contributed by atoms with van der Waals surface area (Å²) >= 11 is 6.29. The molecule has 1 aliphatic heterocycles. The minimum atomic E-state index is -4.39. The van der Waals surface area contributed by atoms with Crippen LogP contribution in [0.5, 0.6) is 0 Å². The Kier molecular flexibility index (Phi) is 5.91. The molecule has 0 fully saturated rings. The van der Waals surface area contributed by atoms with Gasteiger partial charge in [-0.2, -0.15) is 17.6 Å². The molecule has 0 aliphatic carbocycles. The fourth-order valence-corrected chi connectivity index (χ4v) is 3.56. The van der Waals surface area contributed by atoms with Crippen molar-refractivity contribution in [3.63, 3.8) is 0 Å². The van der Waals surface area contributed by atoms with Crippen LogP contribution >= 0.6 is 11.6 Å². The summed E-state index contributed by atoms with van der Waals surface area (Å²) in [5, 5.41) is 0.359. The number of nitrogens with one attached hydrogen (secondary N) is 1. The number of halogens is 5. The normalized spacial score (nSPS) is 16.4. The van der Waals surface area contributed by atoms with Gasteiger partial charge in [-0.15, -0.1) is 0 Å². The zero-order valence-corrected chi connectivity index (χ0v) is 16.9. The van der Waals surface area contributed by atoms with Crippen LogP contribution in [0.3, 0.4) is 0 Å². The Morgan fingerprint density at radius 3 is 2.42 bits per heavy atom. The lowest BCUT2D eigenvalue weighted by atomic mass is 9.95. The Bertz CT molecular complexity index is 1120. The predicted octanol–water partition coefficient (Wildman–Crippen LogP) is 6.40. The molecule has 1 atom stereocenters. The van der Waals surface area contributed by atoms with Crippen molar-refractivity contribution in [3.05, 3.63) is 71.0 Å². The van der Waals surface area contributed by atoms with Crippen molar-refractivity contribution in [2.24, 2.45) is 10.9 Å². The summed E-state index contributed by atoms with van der Waals surface area (Å²) in [7, 11) is 0. The number of aromatic nitrogens is 3. The topological polar surface area (TPSA) is 53.9 Å². The van der Waals surface area contributed by atoms with E-state index in [1.54, 1.807) is 6.07 Å². The first kappa shape index (κ1) is 21.2. The molecule has 1 N–H and O–H groups in total. The van der Waals surface area contributed by atoms with E-state index in [1.807, 2.05) is 24.3 Å².